The van der Waals surface area contributed by atoms with Crippen molar-refractivity contribution in [1.29, 1.82) is 0 Å². The van der Waals surface area contributed by atoms with Crippen LogP contribution < -0.4 is 5.62 Å². The van der Waals surface area contributed by atoms with Crippen molar-refractivity contribution < 1.29 is 37.3 Å². The Morgan fingerprint density at radius 3 is 2.65 bits per heavy atom. The average molecular weight is 477 g/mol. The maximum atomic E-state index is 13.0. The number of aromatic nitrogens is 2. The van der Waals surface area contributed by atoms with Gasteiger partial charge in [0.2, 0.25) is 5.62 Å². The molecule has 2 heterocycles. The lowest BCUT2D eigenvalue weighted by atomic mass is 9.92. The van der Waals surface area contributed by atoms with Crippen molar-refractivity contribution in [2.24, 2.45) is 4.99 Å². The predicted octanol–water partition coefficient (Wildman–Crippen LogP) is 2.90. The van der Waals surface area contributed by atoms with Crippen molar-refractivity contribution in [1.82, 2.24) is 9.55 Å². The lowest BCUT2D eigenvalue weighted by Gasteiger charge is -2.36. The highest BCUT2D eigenvalue weighted by molar-refractivity contribution is 5.95. The Morgan fingerprint density at radius 2 is 2.00 bits per heavy atom. The SMILES string of the molecule is CC(=O)OCCCn1/c(=N/C(=O)c2cccc(C(F)(F)F)c2)[nH]c2cc(C3(O)COC3)ccc21. The number of aryl methyl sites for hydroxylation is 1. The fourth-order valence-corrected chi connectivity index (χ4v) is 3.67. The zero-order valence-electron chi connectivity index (χ0n) is 18.2. The Labute approximate surface area is 191 Å². The van der Waals surface area contributed by atoms with Gasteiger partial charge in [-0.15, -0.1) is 0 Å². The van der Waals surface area contributed by atoms with Crippen molar-refractivity contribution in [3.05, 3.63) is 64.8 Å². The van der Waals surface area contributed by atoms with Crippen LogP contribution in [0.25, 0.3) is 11.0 Å². The van der Waals surface area contributed by atoms with Crippen molar-refractivity contribution in [2.75, 3.05) is 19.8 Å². The minimum absolute atomic E-state index is 0.120. The molecule has 0 spiro atoms. The molecule has 1 fully saturated rings. The summed E-state index contributed by atoms with van der Waals surface area (Å²) in [6, 6.07) is 9.25. The van der Waals surface area contributed by atoms with Crippen LogP contribution in [0.3, 0.4) is 0 Å². The van der Waals surface area contributed by atoms with Gasteiger partial charge in [-0.25, -0.2) is 0 Å². The average Bonchev–Trinajstić information content (AvgIpc) is 3.10. The number of hydrogen-bond donors (Lipinski definition) is 2. The van der Waals surface area contributed by atoms with E-state index in [4.69, 9.17) is 9.47 Å². The van der Waals surface area contributed by atoms with Crippen LogP contribution >= 0.6 is 0 Å². The Kier molecular flexibility index (Phi) is 6.32. The summed E-state index contributed by atoms with van der Waals surface area (Å²) >= 11 is 0. The number of aliphatic hydroxyl groups is 1. The van der Waals surface area contributed by atoms with Gasteiger partial charge in [-0.2, -0.15) is 18.2 Å². The van der Waals surface area contributed by atoms with E-state index in [1.165, 1.54) is 13.0 Å². The molecule has 2 aromatic carbocycles. The van der Waals surface area contributed by atoms with E-state index in [9.17, 15) is 27.9 Å². The molecule has 1 aliphatic rings. The number of ether oxygens (including phenoxy) is 2. The molecule has 0 radical (unpaired) electrons. The number of benzene rings is 2. The van der Waals surface area contributed by atoms with Crippen LogP contribution in [0.4, 0.5) is 13.2 Å². The van der Waals surface area contributed by atoms with Gasteiger partial charge in [-0.1, -0.05) is 12.1 Å². The molecule has 0 saturated carbocycles. The van der Waals surface area contributed by atoms with E-state index in [1.807, 2.05) is 0 Å². The molecule has 1 aromatic heterocycles. The summed E-state index contributed by atoms with van der Waals surface area (Å²) in [5.74, 6) is -1.27. The number of H-pyrrole nitrogens is 1. The van der Waals surface area contributed by atoms with E-state index in [2.05, 4.69) is 9.98 Å². The number of esters is 1. The molecular formula is C23H22F3N3O5. The first kappa shape index (κ1) is 23.7. The second kappa shape index (κ2) is 9.07. The molecule has 2 N–H and O–H groups in total. The van der Waals surface area contributed by atoms with Crippen molar-refractivity contribution in [3.8, 4) is 0 Å². The normalized spacial score (nSPS) is 15.9. The molecule has 8 nitrogen and oxygen atoms in total. The number of imidazole rings is 1. The largest absolute Gasteiger partial charge is 0.466 e. The van der Waals surface area contributed by atoms with Gasteiger partial charge < -0.3 is 24.1 Å². The van der Waals surface area contributed by atoms with E-state index in [0.717, 1.165) is 18.2 Å². The zero-order chi connectivity index (χ0) is 24.5. The minimum Gasteiger partial charge on any atom is -0.466 e. The smallest absolute Gasteiger partial charge is 0.416 e. The quantitative estimate of drug-likeness (QED) is 0.420. The maximum absolute atomic E-state index is 13.0. The van der Waals surface area contributed by atoms with Gasteiger partial charge in [-0.05, 0) is 42.3 Å². The third-order valence-corrected chi connectivity index (χ3v) is 5.48. The molecule has 0 aliphatic carbocycles. The standard InChI is InChI=1S/C23H22F3N3O5/c1-14(30)34-9-3-8-29-19-7-6-16(22(32)12-33-13-22)11-18(19)27-21(29)28-20(31)15-4-2-5-17(10-15)23(24,25)26/h2,4-7,10-11,32H,3,8-9,12-13H2,1H3,(H,27,28,31). The molecule has 0 atom stereocenters. The first-order valence-corrected chi connectivity index (χ1v) is 10.5. The van der Waals surface area contributed by atoms with E-state index in [-0.39, 0.29) is 31.0 Å². The van der Waals surface area contributed by atoms with Crippen LogP contribution in [0.15, 0.2) is 47.5 Å². The van der Waals surface area contributed by atoms with E-state index >= 15 is 0 Å². The van der Waals surface area contributed by atoms with Crippen LogP contribution in [0.2, 0.25) is 0 Å². The lowest BCUT2D eigenvalue weighted by molar-refractivity contribution is -0.184. The van der Waals surface area contributed by atoms with Crippen LogP contribution in [-0.2, 0) is 32.6 Å². The van der Waals surface area contributed by atoms with Crippen LogP contribution in [-0.4, -0.2) is 46.4 Å². The molecule has 180 valence electrons. The summed E-state index contributed by atoms with van der Waals surface area (Å²) in [5, 5.41) is 10.6. The van der Waals surface area contributed by atoms with Gasteiger partial charge in [0.05, 0.1) is 36.4 Å². The number of nitrogens with one attached hydrogen (secondary N) is 1. The summed E-state index contributed by atoms with van der Waals surface area (Å²) in [6.45, 7) is 2.07. The second-order valence-electron chi connectivity index (χ2n) is 8.05. The minimum atomic E-state index is -4.59. The van der Waals surface area contributed by atoms with Crippen molar-refractivity contribution >= 4 is 22.9 Å². The highest BCUT2D eigenvalue weighted by Gasteiger charge is 2.38. The number of amides is 1. The number of fused-ring (bicyclic) bond motifs is 1. The van der Waals surface area contributed by atoms with Gasteiger partial charge in [0, 0.05) is 19.0 Å². The van der Waals surface area contributed by atoms with E-state index in [1.54, 1.807) is 22.8 Å². The lowest BCUT2D eigenvalue weighted by Crippen LogP contribution is -2.46. The number of hydrogen-bond acceptors (Lipinski definition) is 5. The first-order valence-electron chi connectivity index (χ1n) is 10.5. The van der Waals surface area contributed by atoms with Crippen molar-refractivity contribution in [2.45, 2.75) is 31.7 Å². The maximum Gasteiger partial charge on any atom is 0.416 e. The Bertz CT molecular complexity index is 1310. The molecule has 0 bridgehead atoms. The highest BCUT2D eigenvalue weighted by Crippen LogP contribution is 2.31. The molecule has 1 amide bonds. The number of aromatic amines is 1. The Morgan fingerprint density at radius 1 is 1.24 bits per heavy atom. The molecule has 34 heavy (non-hydrogen) atoms. The molecule has 0 unspecified atom stereocenters. The first-order chi connectivity index (χ1) is 16.1. The number of halogens is 3. The van der Waals surface area contributed by atoms with E-state index in [0.29, 0.717) is 29.6 Å². The number of nitrogens with zero attached hydrogens (tertiary/aromatic N) is 2. The highest BCUT2D eigenvalue weighted by atomic mass is 19.4. The van der Waals surface area contributed by atoms with Gasteiger partial charge in [0.1, 0.15) is 5.60 Å². The van der Waals surface area contributed by atoms with Gasteiger partial charge in [0.25, 0.3) is 5.91 Å². The summed E-state index contributed by atoms with van der Waals surface area (Å²) in [7, 11) is 0. The van der Waals surface area contributed by atoms with Crippen LogP contribution in [0.1, 0.15) is 34.8 Å². The van der Waals surface area contributed by atoms with Gasteiger partial charge in [-0.3, -0.25) is 9.59 Å². The number of alkyl halides is 3. The van der Waals surface area contributed by atoms with Gasteiger partial charge >= 0.3 is 12.1 Å². The second-order valence-corrected chi connectivity index (χ2v) is 8.05. The monoisotopic (exact) mass is 477 g/mol. The summed E-state index contributed by atoms with van der Waals surface area (Å²) in [5.41, 5.74) is -0.289. The number of carbonyl (C=O) groups is 2. The molecule has 4 rings (SSSR count). The predicted molar refractivity (Wildman–Crippen MR) is 114 cm³/mol. The summed E-state index contributed by atoms with van der Waals surface area (Å²) in [6.07, 6.45) is -4.17. The van der Waals surface area contributed by atoms with Crippen molar-refractivity contribution in [3.63, 3.8) is 0 Å². The Hall–Kier alpha value is -3.44. The summed E-state index contributed by atoms with van der Waals surface area (Å²) in [4.78, 5) is 30.8. The third kappa shape index (κ3) is 4.90. The topological polar surface area (TPSA) is 106 Å². The Balaban J connectivity index is 1.73. The molecule has 11 heteroatoms. The number of rotatable bonds is 6. The van der Waals surface area contributed by atoms with E-state index < -0.39 is 29.2 Å². The molecular weight excluding hydrogens is 455 g/mol. The fourth-order valence-electron chi connectivity index (χ4n) is 3.67. The fraction of sp³-hybridized carbons (Fsp3) is 0.348. The third-order valence-electron chi connectivity index (χ3n) is 5.48. The zero-order valence-corrected chi connectivity index (χ0v) is 18.2. The van der Waals surface area contributed by atoms with Crippen LogP contribution in [0.5, 0.6) is 0 Å². The summed E-state index contributed by atoms with van der Waals surface area (Å²) < 4.78 is 50.9. The van der Waals surface area contributed by atoms with Crippen LogP contribution in [0, 0.1) is 0 Å². The number of carbonyl (C=O) groups excluding carboxylic acids is 2. The molecule has 1 aliphatic heterocycles. The molecule has 3 aromatic rings. The molecule has 1 saturated heterocycles. The van der Waals surface area contributed by atoms with Gasteiger partial charge in [0.15, 0.2) is 0 Å².